The third-order valence-electron chi connectivity index (χ3n) is 4.39. The first-order valence-electron chi connectivity index (χ1n) is 7.82. The van der Waals surface area contributed by atoms with Crippen LogP contribution in [0.2, 0.25) is 0 Å². The van der Waals surface area contributed by atoms with Crippen LogP contribution in [0.15, 0.2) is 24.3 Å². The number of rotatable bonds is 6. The summed E-state index contributed by atoms with van der Waals surface area (Å²) in [6.45, 7) is 3.32. The van der Waals surface area contributed by atoms with E-state index in [1.807, 2.05) is 24.3 Å². The number of amides is 1. The Morgan fingerprint density at radius 2 is 1.95 bits per heavy atom. The summed E-state index contributed by atoms with van der Waals surface area (Å²) in [6, 6.07) is 7.83. The summed E-state index contributed by atoms with van der Waals surface area (Å²) in [5.41, 5.74) is 1.98. The average Bonchev–Trinajstić information content (AvgIpc) is 2.49. The molecule has 2 rings (SSSR count). The van der Waals surface area contributed by atoms with Crippen molar-refractivity contribution in [2.45, 2.75) is 45.6 Å². The van der Waals surface area contributed by atoms with Crippen molar-refractivity contribution in [2.75, 3.05) is 18.5 Å². The van der Waals surface area contributed by atoms with Crippen LogP contribution >= 0.6 is 0 Å². The number of carbonyl (C=O) groups excluding carboxylic acids is 1. The Bertz CT molecular complexity index is 468. The molecule has 0 spiro atoms. The van der Waals surface area contributed by atoms with E-state index in [2.05, 4.69) is 10.6 Å². The van der Waals surface area contributed by atoms with Crippen LogP contribution in [0.1, 0.15) is 44.6 Å². The number of aliphatic hydroxyl groups excluding tert-OH is 1. The van der Waals surface area contributed by atoms with Crippen molar-refractivity contribution < 1.29 is 9.90 Å². The number of nitrogens with one attached hydrogen (secondary N) is 2. The first-order chi connectivity index (χ1) is 10.2. The van der Waals surface area contributed by atoms with Crippen LogP contribution in [-0.2, 0) is 11.3 Å². The van der Waals surface area contributed by atoms with Gasteiger partial charge in [-0.3, -0.25) is 4.79 Å². The minimum atomic E-state index is -0.0541. The largest absolute Gasteiger partial charge is 0.396 e. The zero-order valence-electron chi connectivity index (χ0n) is 12.8. The molecule has 1 aliphatic rings. The number of para-hydroxylation sites is 1. The van der Waals surface area contributed by atoms with Crippen LogP contribution in [0, 0.1) is 5.41 Å². The van der Waals surface area contributed by atoms with Crippen LogP contribution < -0.4 is 10.6 Å². The van der Waals surface area contributed by atoms with Crippen LogP contribution in [0.3, 0.4) is 0 Å². The molecule has 0 unspecified atom stereocenters. The van der Waals surface area contributed by atoms with Crippen LogP contribution in [0.5, 0.6) is 0 Å². The minimum Gasteiger partial charge on any atom is -0.396 e. The van der Waals surface area contributed by atoms with Gasteiger partial charge in [-0.25, -0.2) is 0 Å². The summed E-state index contributed by atoms with van der Waals surface area (Å²) in [6.07, 6.45) is 5.91. The second-order valence-electron chi connectivity index (χ2n) is 6.16. The number of anilines is 1. The Kier molecular flexibility index (Phi) is 5.76. The van der Waals surface area contributed by atoms with Crippen molar-refractivity contribution in [1.29, 1.82) is 0 Å². The molecule has 1 aliphatic carbocycles. The van der Waals surface area contributed by atoms with E-state index in [0.29, 0.717) is 6.54 Å². The molecule has 116 valence electrons. The van der Waals surface area contributed by atoms with Crippen molar-refractivity contribution in [3.8, 4) is 0 Å². The Balaban J connectivity index is 1.92. The van der Waals surface area contributed by atoms with E-state index in [1.165, 1.54) is 26.2 Å². The highest BCUT2D eigenvalue weighted by atomic mass is 16.3. The van der Waals surface area contributed by atoms with E-state index in [1.54, 1.807) is 0 Å². The van der Waals surface area contributed by atoms with Gasteiger partial charge in [0.2, 0.25) is 5.91 Å². The Hall–Kier alpha value is -1.39. The molecule has 0 bridgehead atoms. The van der Waals surface area contributed by atoms with Crippen molar-refractivity contribution in [3.63, 3.8) is 0 Å². The van der Waals surface area contributed by atoms with E-state index in [4.69, 9.17) is 0 Å². The monoisotopic (exact) mass is 290 g/mol. The molecule has 0 radical (unpaired) electrons. The van der Waals surface area contributed by atoms with E-state index in [0.717, 1.165) is 30.6 Å². The molecular weight excluding hydrogens is 264 g/mol. The Morgan fingerprint density at radius 1 is 1.24 bits per heavy atom. The summed E-state index contributed by atoms with van der Waals surface area (Å²) in [5, 5.41) is 16.0. The number of hydrogen-bond donors (Lipinski definition) is 3. The number of hydrogen-bond acceptors (Lipinski definition) is 3. The lowest BCUT2D eigenvalue weighted by atomic mass is 9.74. The average molecular weight is 290 g/mol. The van der Waals surface area contributed by atoms with Gasteiger partial charge in [0.25, 0.3) is 0 Å². The van der Waals surface area contributed by atoms with E-state index >= 15 is 0 Å². The van der Waals surface area contributed by atoms with Gasteiger partial charge in [-0.2, -0.15) is 0 Å². The number of carbonyl (C=O) groups is 1. The van der Waals surface area contributed by atoms with Gasteiger partial charge in [-0.05, 0) is 24.5 Å². The molecule has 1 saturated carbocycles. The summed E-state index contributed by atoms with van der Waals surface area (Å²) in [4.78, 5) is 11.2. The fraction of sp³-hybridized carbons (Fsp3) is 0.588. The quantitative estimate of drug-likeness (QED) is 0.755. The van der Waals surface area contributed by atoms with Gasteiger partial charge >= 0.3 is 0 Å². The standard InChI is InChI=1S/C17H26N2O2/c1-14(21)19-16-8-4-3-7-15(16)11-18-12-17(13-20)9-5-2-6-10-17/h3-4,7-8,18,20H,2,5-6,9-13H2,1H3,(H,19,21). The van der Waals surface area contributed by atoms with Crippen molar-refractivity contribution in [2.24, 2.45) is 5.41 Å². The SMILES string of the molecule is CC(=O)Nc1ccccc1CNCC1(CO)CCCCC1. The van der Waals surface area contributed by atoms with E-state index in [-0.39, 0.29) is 17.9 Å². The summed E-state index contributed by atoms with van der Waals surface area (Å²) >= 11 is 0. The minimum absolute atomic E-state index is 0.0429. The second-order valence-corrected chi connectivity index (χ2v) is 6.16. The molecule has 4 heteroatoms. The Morgan fingerprint density at radius 3 is 2.62 bits per heavy atom. The van der Waals surface area contributed by atoms with E-state index in [9.17, 15) is 9.90 Å². The lowest BCUT2D eigenvalue weighted by Crippen LogP contribution is -2.38. The van der Waals surface area contributed by atoms with E-state index < -0.39 is 0 Å². The zero-order valence-corrected chi connectivity index (χ0v) is 12.8. The van der Waals surface area contributed by atoms with Crippen molar-refractivity contribution >= 4 is 11.6 Å². The highest BCUT2D eigenvalue weighted by Crippen LogP contribution is 2.35. The molecule has 21 heavy (non-hydrogen) atoms. The molecule has 1 fully saturated rings. The van der Waals surface area contributed by atoms with Gasteiger partial charge in [-0.1, -0.05) is 37.5 Å². The predicted molar refractivity (Wildman–Crippen MR) is 85.1 cm³/mol. The molecule has 4 nitrogen and oxygen atoms in total. The van der Waals surface area contributed by atoms with Crippen LogP contribution in [0.25, 0.3) is 0 Å². The molecule has 0 atom stereocenters. The molecule has 0 aromatic heterocycles. The maximum atomic E-state index is 11.2. The molecule has 1 amide bonds. The normalized spacial score (nSPS) is 17.4. The molecule has 0 heterocycles. The first kappa shape index (κ1) is 16.0. The lowest BCUT2D eigenvalue weighted by Gasteiger charge is -2.35. The molecule has 0 saturated heterocycles. The number of benzene rings is 1. The van der Waals surface area contributed by atoms with Gasteiger partial charge in [0.15, 0.2) is 0 Å². The molecule has 1 aromatic carbocycles. The van der Waals surface area contributed by atoms with Crippen LogP contribution in [-0.4, -0.2) is 24.2 Å². The second kappa shape index (κ2) is 7.57. The summed E-state index contributed by atoms with van der Waals surface area (Å²) in [5.74, 6) is -0.0541. The van der Waals surface area contributed by atoms with Gasteiger partial charge in [-0.15, -0.1) is 0 Å². The van der Waals surface area contributed by atoms with Crippen LogP contribution in [0.4, 0.5) is 5.69 Å². The zero-order chi connectivity index (χ0) is 15.1. The third-order valence-corrected chi connectivity index (χ3v) is 4.39. The molecule has 1 aromatic rings. The fourth-order valence-corrected chi connectivity index (χ4v) is 3.14. The number of aliphatic hydroxyl groups is 1. The lowest BCUT2D eigenvalue weighted by molar-refractivity contribution is -0.114. The fourth-order valence-electron chi connectivity index (χ4n) is 3.14. The maximum absolute atomic E-state index is 11.2. The molecule has 3 N–H and O–H groups in total. The summed E-state index contributed by atoms with van der Waals surface area (Å²) in [7, 11) is 0. The predicted octanol–water partition coefficient (Wildman–Crippen LogP) is 2.68. The summed E-state index contributed by atoms with van der Waals surface area (Å²) < 4.78 is 0. The Labute approximate surface area is 126 Å². The highest BCUT2D eigenvalue weighted by Gasteiger charge is 2.30. The smallest absolute Gasteiger partial charge is 0.221 e. The highest BCUT2D eigenvalue weighted by molar-refractivity contribution is 5.89. The van der Waals surface area contributed by atoms with Gasteiger partial charge < -0.3 is 15.7 Å². The van der Waals surface area contributed by atoms with Crippen molar-refractivity contribution in [3.05, 3.63) is 29.8 Å². The maximum Gasteiger partial charge on any atom is 0.221 e. The molecular formula is C17H26N2O2. The van der Waals surface area contributed by atoms with Gasteiger partial charge in [0.05, 0.1) is 0 Å². The van der Waals surface area contributed by atoms with Gasteiger partial charge in [0.1, 0.15) is 0 Å². The third kappa shape index (κ3) is 4.55. The van der Waals surface area contributed by atoms with Gasteiger partial charge in [0, 0.05) is 37.7 Å². The van der Waals surface area contributed by atoms with Crippen molar-refractivity contribution in [1.82, 2.24) is 5.32 Å². The molecule has 0 aliphatic heterocycles. The first-order valence-corrected chi connectivity index (χ1v) is 7.82. The topological polar surface area (TPSA) is 61.4 Å².